The number of anilines is 1. The molecule has 0 radical (unpaired) electrons. The number of nitrogens with zero attached hydrogens (tertiary/aromatic N) is 3. The number of aryl methyl sites for hydroxylation is 1. The fourth-order valence-corrected chi connectivity index (χ4v) is 3.11. The van der Waals surface area contributed by atoms with Crippen molar-refractivity contribution in [2.75, 3.05) is 18.9 Å². The van der Waals surface area contributed by atoms with E-state index in [-0.39, 0.29) is 5.91 Å². The summed E-state index contributed by atoms with van der Waals surface area (Å²) >= 11 is 0. The SMILES string of the molecule is Cc1nc(-c2cccc(NC(=O)CN(C)C3CCCC3)c2)n[nH]1. The molecule has 0 aliphatic heterocycles. The maximum atomic E-state index is 12.2. The van der Waals surface area contributed by atoms with Crippen molar-refractivity contribution in [3.8, 4) is 11.4 Å². The van der Waals surface area contributed by atoms with Gasteiger partial charge in [0.15, 0.2) is 5.82 Å². The summed E-state index contributed by atoms with van der Waals surface area (Å²) in [5.41, 5.74) is 1.66. The minimum absolute atomic E-state index is 0.0164. The molecule has 2 N–H and O–H groups in total. The number of nitrogens with one attached hydrogen (secondary N) is 2. The quantitative estimate of drug-likeness (QED) is 0.890. The molecule has 3 rings (SSSR count). The van der Waals surface area contributed by atoms with Gasteiger partial charge >= 0.3 is 0 Å². The number of carbonyl (C=O) groups excluding carboxylic acids is 1. The van der Waals surface area contributed by atoms with E-state index in [1.54, 1.807) is 0 Å². The molecule has 6 nitrogen and oxygen atoms in total. The lowest BCUT2D eigenvalue weighted by atomic mass is 10.2. The van der Waals surface area contributed by atoms with E-state index in [1.807, 2.05) is 38.2 Å². The number of hydrogen-bond acceptors (Lipinski definition) is 4. The van der Waals surface area contributed by atoms with Crippen molar-refractivity contribution >= 4 is 11.6 Å². The summed E-state index contributed by atoms with van der Waals surface area (Å²) in [7, 11) is 2.03. The summed E-state index contributed by atoms with van der Waals surface area (Å²) in [5, 5.41) is 9.95. The lowest BCUT2D eigenvalue weighted by Crippen LogP contribution is -2.36. The molecule has 1 heterocycles. The number of likely N-dealkylation sites (N-methyl/N-ethyl adjacent to an activating group) is 1. The van der Waals surface area contributed by atoms with Crippen molar-refractivity contribution in [2.24, 2.45) is 0 Å². The number of amides is 1. The summed E-state index contributed by atoms with van der Waals surface area (Å²) < 4.78 is 0. The van der Waals surface area contributed by atoms with E-state index in [0.29, 0.717) is 18.4 Å². The summed E-state index contributed by atoms with van der Waals surface area (Å²) in [4.78, 5) is 18.7. The third-order valence-electron chi connectivity index (χ3n) is 4.34. The van der Waals surface area contributed by atoms with Crippen molar-refractivity contribution < 1.29 is 4.79 Å². The van der Waals surface area contributed by atoms with E-state index in [1.165, 1.54) is 25.7 Å². The minimum Gasteiger partial charge on any atom is -0.325 e. The Morgan fingerprint density at radius 3 is 2.87 bits per heavy atom. The molecule has 1 aliphatic rings. The lowest BCUT2D eigenvalue weighted by molar-refractivity contribution is -0.117. The summed E-state index contributed by atoms with van der Waals surface area (Å²) in [5.74, 6) is 1.43. The largest absolute Gasteiger partial charge is 0.325 e. The third kappa shape index (κ3) is 3.96. The van der Waals surface area contributed by atoms with Gasteiger partial charge in [-0.25, -0.2) is 4.98 Å². The van der Waals surface area contributed by atoms with Crippen molar-refractivity contribution in [3.63, 3.8) is 0 Å². The number of H-pyrrole nitrogens is 1. The maximum absolute atomic E-state index is 12.2. The van der Waals surface area contributed by atoms with Crippen LogP contribution in [-0.4, -0.2) is 45.6 Å². The second-order valence-corrected chi connectivity index (χ2v) is 6.23. The highest BCUT2D eigenvalue weighted by Crippen LogP contribution is 2.22. The molecule has 1 aliphatic carbocycles. The van der Waals surface area contributed by atoms with E-state index in [0.717, 1.165) is 17.1 Å². The molecule has 0 spiro atoms. The standard InChI is InChI=1S/C17H23N5O/c1-12-18-17(21-20-12)13-6-5-7-14(10-13)19-16(23)11-22(2)15-8-3-4-9-15/h5-7,10,15H,3-4,8-9,11H2,1-2H3,(H,19,23)(H,18,20,21). The van der Waals surface area contributed by atoms with Crippen LogP contribution < -0.4 is 5.32 Å². The van der Waals surface area contributed by atoms with E-state index in [2.05, 4.69) is 25.4 Å². The molecule has 0 bridgehead atoms. The molecule has 2 aromatic rings. The van der Waals surface area contributed by atoms with Crippen molar-refractivity contribution in [3.05, 3.63) is 30.1 Å². The van der Waals surface area contributed by atoms with E-state index in [9.17, 15) is 4.79 Å². The van der Waals surface area contributed by atoms with Gasteiger partial charge in [0.05, 0.1) is 6.54 Å². The number of hydrogen-bond donors (Lipinski definition) is 2. The molecule has 1 saturated carbocycles. The predicted octanol–water partition coefficient (Wildman–Crippen LogP) is 2.59. The molecule has 0 saturated heterocycles. The van der Waals surface area contributed by atoms with Crippen molar-refractivity contribution in [1.82, 2.24) is 20.1 Å². The van der Waals surface area contributed by atoms with Gasteiger partial charge in [-0.3, -0.25) is 14.8 Å². The van der Waals surface area contributed by atoms with Crippen LogP contribution in [-0.2, 0) is 4.79 Å². The van der Waals surface area contributed by atoms with Crippen LogP contribution in [0.3, 0.4) is 0 Å². The molecule has 0 unspecified atom stereocenters. The van der Waals surface area contributed by atoms with Gasteiger partial charge in [0, 0.05) is 17.3 Å². The second kappa shape index (κ2) is 6.91. The van der Waals surface area contributed by atoms with Crippen LogP contribution >= 0.6 is 0 Å². The van der Waals surface area contributed by atoms with Crippen LogP contribution in [0.5, 0.6) is 0 Å². The van der Waals surface area contributed by atoms with Gasteiger partial charge in [0.2, 0.25) is 5.91 Å². The molecule has 1 aromatic carbocycles. The zero-order chi connectivity index (χ0) is 16.2. The van der Waals surface area contributed by atoms with Gasteiger partial charge in [0.25, 0.3) is 0 Å². The number of benzene rings is 1. The van der Waals surface area contributed by atoms with Gasteiger partial charge in [-0.1, -0.05) is 25.0 Å². The molecule has 122 valence electrons. The monoisotopic (exact) mass is 313 g/mol. The van der Waals surface area contributed by atoms with Crippen molar-refractivity contribution in [2.45, 2.75) is 38.6 Å². The Bertz CT molecular complexity index is 675. The molecular formula is C17H23N5O. The number of carbonyl (C=O) groups is 1. The highest BCUT2D eigenvalue weighted by atomic mass is 16.2. The molecule has 6 heteroatoms. The Morgan fingerprint density at radius 2 is 2.17 bits per heavy atom. The average Bonchev–Trinajstić information content (AvgIpc) is 3.18. The molecular weight excluding hydrogens is 290 g/mol. The van der Waals surface area contributed by atoms with Crippen molar-refractivity contribution in [1.29, 1.82) is 0 Å². The number of aromatic nitrogens is 3. The van der Waals surface area contributed by atoms with Gasteiger partial charge in [-0.15, -0.1) is 0 Å². The van der Waals surface area contributed by atoms with Crippen LogP contribution in [0.2, 0.25) is 0 Å². The maximum Gasteiger partial charge on any atom is 0.238 e. The minimum atomic E-state index is 0.0164. The lowest BCUT2D eigenvalue weighted by Gasteiger charge is -2.23. The van der Waals surface area contributed by atoms with Crippen LogP contribution in [0.15, 0.2) is 24.3 Å². The Hall–Kier alpha value is -2.21. The van der Waals surface area contributed by atoms with E-state index in [4.69, 9.17) is 0 Å². The van der Waals surface area contributed by atoms with Gasteiger partial charge in [-0.05, 0) is 38.9 Å². The van der Waals surface area contributed by atoms with Crippen LogP contribution in [0, 0.1) is 6.92 Å². The molecule has 0 atom stereocenters. The molecule has 1 aromatic heterocycles. The number of rotatable bonds is 5. The van der Waals surface area contributed by atoms with Crippen LogP contribution in [0.25, 0.3) is 11.4 Å². The normalized spacial score (nSPS) is 15.3. The zero-order valence-electron chi connectivity index (χ0n) is 13.7. The zero-order valence-corrected chi connectivity index (χ0v) is 13.7. The fraction of sp³-hybridized carbons (Fsp3) is 0.471. The van der Waals surface area contributed by atoms with Gasteiger partial charge in [0.1, 0.15) is 5.82 Å². The average molecular weight is 313 g/mol. The Morgan fingerprint density at radius 1 is 1.39 bits per heavy atom. The Labute approximate surface area is 136 Å². The first kappa shape index (κ1) is 15.7. The third-order valence-corrected chi connectivity index (χ3v) is 4.34. The topological polar surface area (TPSA) is 73.9 Å². The Kier molecular flexibility index (Phi) is 4.71. The predicted molar refractivity (Wildman–Crippen MR) is 90.1 cm³/mol. The highest BCUT2D eigenvalue weighted by Gasteiger charge is 2.21. The first-order chi connectivity index (χ1) is 11.1. The Balaban J connectivity index is 1.62. The molecule has 1 fully saturated rings. The van der Waals surface area contributed by atoms with Gasteiger partial charge < -0.3 is 5.32 Å². The first-order valence-electron chi connectivity index (χ1n) is 8.11. The summed E-state index contributed by atoms with van der Waals surface area (Å²) in [6.45, 7) is 2.29. The molecule has 23 heavy (non-hydrogen) atoms. The molecule has 1 amide bonds. The number of aromatic amines is 1. The smallest absolute Gasteiger partial charge is 0.238 e. The second-order valence-electron chi connectivity index (χ2n) is 6.23. The van der Waals surface area contributed by atoms with E-state index < -0.39 is 0 Å². The fourth-order valence-electron chi connectivity index (χ4n) is 3.11. The van der Waals surface area contributed by atoms with Gasteiger partial charge in [-0.2, -0.15) is 5.10 Å². The summed E-state index contributed by atoms with van der Waals surface area (Å²) in [6.07, 6.45) is 4.94. The summed E-state index contributed by atoms with van der Waals surface area (Å²) in [6, 6.07) is 8.16. The van der Waals surface area contributed by atoms with Crippen LogP contribution in [0.4, 0.5) is 5.69 Å². The van der Waals surface area contributed by atoms with E-state index >= 15 is 0 Å². The first-order valence-corrected chi connectivity index (χ1v) is 8.11. The highest BCUT2D eigenvalue weighted by molar-refractivity contribution is 5.92. The van der Waals surface area contributed by atoms with Crippen LogP contribution in [0.1, 0.15) is 31.5 Å².